The first kappa shape index (κ1) is 14.4. The highest BCUT2D eigenvalue weighted by Gasteiger charge is 2.19. The van der Waals surface area contributed by atoms with Crippen molar-refractivity contribution in [3.63, 3.8) is 0 Å². The molecule has 2 rings (SSSR count). The quantitative estimate of drug-likeness (QED) is 0.902. The Morgan fingerprint density at radius 2 is 2.05 bits per heavy atom. The van der Waals surface area contributed by atoms with Gasteiger partial charge in [0.2, 0.25) is 0 Å². The number of nitrogens with one attached hydrogen (secondary N) is 1. The van der Waals surface area contributed by atoms with E-state index in [1.165, 1.54) is 22.3 Å². The molecule has 1 unspecified atom stereocenters. The maximum Gasteiger partial charge on any atom is 0.122 e. The van der Waals surface area contributed by atoms with Gasteiger partial charge in [-0.3, -0.25) is 0 Å². The van der Waals surface area contributed by atoms with Gasteiger partial charge in [0.15, 0.2) is 0 Å². The van der Waals surface area contributed by atoms with Gasteiger partial charge in [-0.1, -0.05) is 0 Å². The summed E-state index contributed by atoms with van der Waals surface area (Å²) in [5.74, 6) is 1.01. The van der Waals surface area contributed by atoms with Crippen LogP contribution in [0.5, 0.6) is 5.75 Å². The minimum Gasteiger partial charge on any atom is -0.496 e. The number of hydrogen-bond donors (Lipinski definition) is 1. The van der Waals surface area contributed by atoms with Crippen molar-refractivity contribution in [1.29, 1.82) is 0 Å². The number of benzene rings is 1. The van der Waals surface area contributed by atoms with E-state index in [1.54, 1.807) is 7.11 Å². The van der Waals surface area contributed by atoms with Gasteiger partial charge in [0.25, 0.3) is 0 Å². The molecule has 0 bridgehead atoms. The predicted octanol–water partition coefficient (Wildman–Crippen LogP) is 2.07. The van der Waals surface area contributed by atoms with Gasteiger partial charge in [0.05, 0.1) is 7.11 Å². The predicted molar refractivity (Wildman–Crippen MR) is 80.2 cm³/mol. The van der Waals surface area contributed by atoms with E-state index in [9.17, 15) is 0 Å². The van der Waals surface area contributed by atoms with Crippen molar-refractivity contribution in [1.82, 2.24) is 10.2 Å². The summed E-state index contributed by atoms with van der Waals surface area (Å²) in [5, 5.41) is 3.63. The molecule has 1 atom stereocenters. The minimum atomic E-state index is 0.559. The fourth-order valence-corrected chi connectivity index (χ4v) is 3.00. The van der Waals surface area contributed by atoms with E-state index in [0.29, 0.717) is 6.04 Å². The van der Waals surface area contributed by atoms with Crippen LogP contribution in [0, 0.1) is 20.8 Å². The van der Waals surface area contributed by atoms with Crippen LogP contribution in [0.2, 0.25) is 0 Å². The number of likely N-dealkylation sites (N-methyl/N-ethyl adjacent to an activating group) is 1. The number of piperazine rings is 1. The van der Waals surface area contributed by atoms with E-state index < -0.39 is 0 Å². The number of methoxy groups -OCH3 is 1. The number of rotatable bonds is 3. The second-order valence-electron chi connectivity index (χ2n) is 5.74. The summed E-state index contributed by atoms with van der Waals surface area (Å²) in [5.41, 5.74) is 5.47. The molecule has 1 fully saturated rings. The fourth-order valence-electron chi connectivity index (χ4n) is 3.00. The molecule has 1 heterocycles. The lowest BCUT2D eigenvalue weighted by Crippen LogP contribution is -2.50. The molecule has 1 N–H and O–H groups in total. The topological polar surface area (TPSA) is 24.5 Å². The van der Waals surface area contributed by atoms with Crippen LogP contribution < -0.4 is 10.1 Å². The lowest BCUT2D eigenvalue weighted by atomic mass is 9.92. The van der Waals surface area contributed by atoms with Crippen LogP contribution in [-0.2, 0) is 6.42 Å². The summed E-state index contributed by atoms with van der Waals surface area (Å²) in [6.45, 7) is 9.93. The van der Waals surface area contributed by atoms with Crippen molar-refractivity contribution in [2.45, 2.75) is 33.2 Å². The zero-order chi connectivity index (χ0) is 14.0. The Morgan fingerprint density at radius 3 is 2.68 bits per heavy atom. The maximum atomic E-state index is 5.44. The Labute approximate surface area is 116 Å². The molecular formula is C16H26N2O. The van der Waals surface area contributed by atoms with E-state index >= 15 is 0 Å². The fraction of sp³-hybridized carbons (Fsp3) is 0.625. The molecule has 1 aliphatic rings. The van der Waals surface area contributed by atoms with Gasteiger partial charge in [0.1, 0.15) is 5.75 Å². The van der Waals surface area contributed by atoms with E-state index in [1.807, 2.05) is 0 Å². The second kappa shape index (κ2) is 5.93. The summed E-state index contributed by atoms with van der Waals surface area (Å²) >= 11 is 0. The molecule has 106 valence electrons. The average molecular weight is 262 g/mol. The molecular weight excluding hydrogens is 236 g/mol. The van der Waals surface area contributed by atoms with Gasteiger partial charge in [-0.05, 0) is 62.6 Å². The van der Waals surface area contributed by atoms with Gasteiger partial charge in [0, 0.05) is 25.7 Å². The first-order valence-corrected chi connectivity index (χ1v) is 7.08. The SMILES string of the molecule is COc1cc(C)c(CC2CN(C)CCN2)c(C)c1C. The molecule has 0 saturated carbocycles. The summed E-state index contributed by atoms with van der Waals surface area (Å²) in [6, 6.07) is 2.73. The molecule has 0 spiro atoms. The van der Waals surface area contributed by atoms with E-state index in [0.717, 1.165) is 31.8 Å². The van der Waals surface area contributed by atoms with Crippen LogP contribution >= 0.6 is 0 Å². The van der Waals surface area contributed by atoms with Crippen molar-refractivity contribution in [3.05, 3.63) is 28.3 Å². The molecule has 19 heavy (non-hydrogen) atoms. The molecule has 1 aliphatic heterocycles. The highest BCUT2D eigenvalue weighted by molar-refractivity contribution is 5.48. The molecule has 3 heteroatoms. The first-order chi connectivity index (χ1) is 9.02. The lowest BCUT2D eigenvalue weighted by molar-refractivity contribution is 0.238. The third-order valence-corrected chi connectivity index (χ3v) is 4.34. The van der Waals surface area contributed by atoms with E-state index in [4.69, 9.17) is 4.74 Å². The molecule has 3 nitrogen and oxygen atoms in total. The molecule has 1 saturated heterocycles. The monoisotopic (exact) mass is 262 g/mol. The van der Waals surface area contributed by atoms with E-state index in [2.05, 4.69) is 44.1 Å². The van der Waals surface area contributed by atoms with Gasteiger partial charge in [-0.15, -0.1) is 0 Å². The zero-order valence-electron chi connectivity index (χ0n) is 12.8. The van der Waals surface area contributed by atoms with Gasteiger partial charge < -0.3 is 15.0 Å². The Morgan fingerprint density at radius 1 is 1.32 bits per heavy atom. The third kappa shape index (κ3) is 3.10. The average Bonchev–Trinajstić information content (AvgIpc) is 2.39. The summed E-state index contributed by atoms with van der Waals surface area (Å²) in [6.07, 6.45) is 1.10. The smallest absolute Gasteiger partial charge is 0.122 e. The minimum absolute atomic E-state index is 0.559. The van der Waals surface area contributed by atoms with Crippen molar-refractivity contribution < 1.29 is 4.74 Å². The Bertz CT molecular complexity index is 457. The Balaban J connectivity index is 2.22. The van der Waals surface area contributed by atoms with E-state index in [-0.39, 0.29) is 0 Å². The highest BCUT2D eigenvalue weighted by Crippen LogP contribution is 2.28. The van der Waals surface area contributed by atoms with Crippen LogP contribution in [0.4, 0.5) is 0 Å². The van der Waals surface area contributed by atoms with Gasteiger partial charge in [-0.25, -0.2) is 0 Å². The van der Waals surface area contributed by atoms with Gasteiger partial charge >= 0.3 is 0 Å². The largest absolute Gasteiger partial charge is 0.496 e. The highest BCUT2D eigenvalue weighted by atomic mass is 16.5. The van der Waals surface area contributed by atoms with Crippen molar-refractivity contribution in [2.75, 3.05) is 33.8 Å². The van der Waals surface area contributed by atoms with Crippen molar-refractivity contribution >= 4 is 0 Å². The Hall–Kier alpha value is -1.06. The molecule has 1 aromatic rings. The van der Waals surface area contributed by atoms with Gasteiger partial charge in [-0.2, -0.15) is 0 Å². The second-order valence-corrected chi connectivity index (χ2v) is 5.74. The summed E-state index contributed by atoms with van der Waals surface area (Å²) in [4.78, 5) is 2.40. The maximum absolute atomic E-state index is 5.44. The molecule has 1 aromatic carbocycles. The summed E-state index contributed by atoms with van der Waals surface area (Å²) < 4.78 is 5.44. The number of hydrogen-bond acceptors (Lipinski definition) is 3. The van der Waals surface area contributed by atoms with Crippen LogP contribution in [0.15, 0.2) is 6.07 Å². The molecule has 0 aromatic heterocycles. The van der Waals surface area contributed by atoms with Crippen LogP contribution in [0.25, 0.3) is 0 Å². The Kier molecular flexibility index (Phi) is 4.48. The van der Waals surface area contributed by atoms with Crippen molar-refractivity contribution in [3.8, 4) is 5.75 Å². The first-order valence-electron chi connectivity index (χ1n) is 7.08. The van der Waals surface area contributed by atoms with Crippen molar-refractivity contribution in [2.24, 2.45) is 0 Å². The number of nitrogens with zero attached hydrogens (tertiary/aromatic N) is 1. The standard InChI is InChI=1S/C16H26N2O/c1-11-8-16(19-5)13(3)12(2)15(11)9-14-10-18(4)7-6-17-14/h8,14,17H,6-7,9-10H2,1-5H3. The number of ether oxygens (including phenoxy) is 1. The molecule has 0 amide bonds. The van der Waals surface area contributed by atoms with Crippen LogP contribution in [0.3, 0.4) is 0 Å². The molecule has 0 radical (unpaired) electrons. The zero-order valence-corrected chi connectivity index (χ0v) is 12.8. The van der Waals surface area contributed by atoms with Crippen LogP contribution in [-0.4, -0.2) is 44.7 Å². The van der Waals surface area contributed by atoms with Crippen LogP contribution in [0.1, 0.15) is 22.3 Å². The normalized spacial score (nSPS) is 20.6. The number of aryl methyl sites for hydroxylation is 1. The lowest BCUT2D eigenvalue weighted by Gasteiger charge is -2.32. The third-order valence-electron chi connectivity index (χ3n) is 4.34. The molecule has 0 aliphatic carbocycles. The summed E-state index contributed by atoms with van der Waals surface area (Å²) in [7, 11) is 3.95.